The predicted molar refractivity (Wildman–Crippen MR) is 137 cm³/mol. The molecule has 0 saturated heterocycles. The van der Waals surface area contributed by atoms with Gasteiger partial charge in [-0.3, -0.25) is 0 Å². The molecular weight excluding hydrogens is 606 g/mol. The molecule has 0 aliphatic heterocycles. The summed E-state index contributed by atoms with van der Waals surface area (Å²) in [7, 11) is 3.25. The van der Waals surface area contributed by atoms with Crippen molar-refractivity contribution in [2.24, 2.45) is 5.10 Å². The van der Waals surface area contributed by atoms with Gasteiger partial charge in [0.15, 0.2) is 11.5 Å². The molecule has 0 bridgehead atoms. The second-order valence-electron chi connectivity index (χ2n) is 6.37. The molecule has 0 spiro atoms. The highest BCUT2D eigenvalue weighted by atomic mass is 127. The van der Waals surface area contributed by atoms with Crippen LogP contribution in [0.3, 0.4) is 0 Å². The van der Waals surface area contributed by atoms with E-state index in [0.717, 1.165) is 29.6 Å². The lowest BCUT2D eigenvalue weighted by Crippen LogP contribution is -2.06. The first-order chi connectivity index (χ1) is 14.6. The summed E-state index contributed by atoms with van der Waals surface area (Å²) in [6, 6.07) is 20.1. The van der Waals surface area contributed by atoms with Crippen LogP contribution in [-0.4, -0.2) is 20.4 Å². The molecule has 0 amide bonds. The Morgan fingerprint density at radius 3 is 2.23 bits per heavy atom. The number of nitrogens with one attached hydrogen (secondary N) is 1. The van der Waals surface area contributed by atoms with E-state index in [1.54, 1.807) is 14.2 Å². The van der Waals surface area contributed by atoms with Crippen molar-refractivity contribution < 1.29 is 14.2 Å². The van der Waals surface area contributed by atoms with E-state index in [1.807, 2.05) is 42.6 Å². The van der Waals surface area contributed by atoms with Crippen molar-refractivity contribution in [1.29, 1.82) is 0 Å². The van der Waals surface area contributed by atoms with E-state index in [0.29, 0.717) is 24.7 Å². The molecule has 7 heteroatoms. The minimum Gasteiger partial charge on any atom is -0.493 e. The third-order valence-electron chi connectivity index (χ3n) is 4.28. The van der Waals surface area contributed by atoms with Crippen LogP contribution in [0.5, 0.6) is 17.2 Å². The maximum atomic E-state index is 6.04. The third kappa shape index (κ3) is 6.24. The quantitative estimate of drug-likeness (QED) is 0.190. The summed E-state index contributed by atoms with van der Waals surface area (Å²) in [4.78, 5) is 0. The molecule has 3 aromatic rings. The monoisotopic (exact) mass is 628 g/mol. The van der Waals surface area contributed by atoms with Crippen molar-refractivity contribution in [3.63, 3.8) is 0 Å². The molecule has 3 rings (SSSR count). The Morgan fingerprint density at radius 1 is 0.867 bits per heavy atom. The fraction of sp³-hybridized carbons (Fsp3) is 0.174. The van der Waals surface area contributed by atoms with Gasteiger partial charge in [-0.1, -0.05) is 36.4 Å². The summed E-state index contributed by atoms with van der Waals surface area (Å²) in [5, 5.41) is 4.35. The van der Waals surface area contributed by atoms with E-state index in [4.69, 9.17) is 14.2 Å². The molecule has 0 aliphatic carbocycles. The number of hydrogen-bond acceptors (Lipinski definition) is 5. The van der Waals surface area contributed by atoms with Crippen LogP contribution >= 0.6 is 45.2 Å². The Balaban J connectivity index is 1.59. The lowest BCUT2D eigenvalue weighted by Gasteiger charge is -2.11. The van der Waals surface area contributed by atoms with Gasteiger partial charge in [0.2, 0.25) is 0 Å². The van der Waals surface area contributed by atoms with Crippen LogP contribution in [0, 0.1) is 7.14 Å². The molecular formula is C23H22I2N2O3. The molecule has 156 valence electrons. The number of ether oxygens (including phenoxy) is 3. The van der Waals surface area contributed by atoms with Crippen molar-refractivity contribution in [2.75, 3.05) is 14.2 Å². The Hall–Kier alpha value is -2.01. The van der Waals surface area contributed by atoms with E-state index in [9.17, 15) is 0 Å². The second-order valence-corrected chi connectivity index (χ2v) is 8.69. The lowest BCUT2D eigenvalue weighted by molar-refractivity contribution is 0.302. The van der Waals surface area contributed by atoms with Gasteiger partial charge in [0.1, 0.15) is 12.4 Å². The molecule has 0 aliphatic rings. The SMILES string of the molecule is COc1ccc(CN/N=C\c2cc(I)c(OCc3ccccc3)c(I)c2)cc1OC. The van der Waals surface area contributed by atoms with Crippen molar-refractivity contribution in [3.8, 4) is 17.2 Å². The van der Waals surface area contributed by atoms with E-state index in [1.165, 1.54) is 0 Å². The summed E-state index contributed by atoms with van der Waals surface area (Å²) in [6.07, 6.45) is 1.81. The molecule has 1 N–H and O–H groups in total. The zero-order valence-electron chi connectivity index (χ0n) is 16.7. The summed E-state index contributed by atoms with van der Waals surface area (Å²) in [5.74, 6) is 2.31. The normalized spacial score (nSPS) is 10.8. The Kier molecular flexibility index (Phi) is 8.61. The number of benzene rings is 3. The van der Waals surface area contributed by atoms with Crippen LogP contribution in [0.25, 0.3) is 0 Å². The Labute approximate surface area is 204 Å². The Morgan fingerprint density at radius 2 is 1.57 bits per heavy atom. The van der Waals surface area contributed by atoms with Gasteiger partial charge in [0, 0.05) is 0 Å². The summed E-state index contributed by atoms with van der Waals surface area (Å²) < 4.78 is 18.7. The van der Waals surface area contributed by atoms with E-state index in [2.05, 4.69) is 80.0 Å². The van der Waals surface area contributed by atoms with Gasteiger partial charge in [-0.05, 0) is 86.1 Å². The van der Waals surface area contributed by atoms with Gasteiger partial charge in [-0.15, -0.1) is 0 Å². The molecule has 0 radical (unpaired) electrons. The molecule has 0 heterocycles. The Bertz CT molecular complexity index is 988. The van der Waals surface area contributed by atoms with Crippen molar-refractivity contribution in [2.45, 2.75) is 13.2 Å². The van der Waals surface area contributed by atoms with Crippen molar-refractivity contribution >= 4 is 51.4 Å². The van der Waals surface area contributed by atoms with Crippen LogP contribution in [0.2, 0.25) is 0 Å². The van der Waals surface area contributed by atoms with Crippen LogP contribution in [0.4, 0.5) is 0 Å². The lowest BCUT2D eigenvalue weighted by atomic mass is 10.2. The minimum atomic E-state index is 0.549. The minimum absolute atomic E-state index is 0.549. The number of rotatable bonds is 9. The molecule has 0 unspecified atom stereocenters. The molecule has 30 heavy (non-hydrogen) atoms. The number of halogens is 2. The van der Waals surface area contributed by atoms with Gasteiger partial charge < -0.3 is 19.6 Å². The van der Waals surface area contributed by atoms with E-state index in [-0.39, 0.29) is 0 Å². The highest BCUT2D eigenvalue weighted by Gasteiger charge is 2.09. The fourth-order valence-electron chi connectivity index (χ4n) is 2.77. The smallest absolute Gasteiger partial charge is 0.161 e. The fourth-order valence-corrected chi connectivity index (χ4v) is 4.90. The number of nitrogens with zero attached hydrogens (tertiary/aromatic N) is 1. The topological polar surface area (TPSA) is 52.1 Å². The maximum absolute atomic E-state index is 6.04. The molecule has 3 aromatic carbocycles. The summed E-state index contributed by atoms with van der Waals surface area (Å²) in [6.45, 7) is 1.14. The largest absolute Gasteiger partial charge is 0.493 e. The zero-order valence-corrected chi connectivity index (χ0v) is 21.0. The van der Waals surface area contributed by atoms with Crippen LogP contribution in [0.1, 0.15) is 16.7 Å². The predicted octanol–water partition coefficient (Wildman–Crippen LogP) is 5.62. The standard InChI is InChI=1S/C23H22I2N2O3/c1-28-21-9-8-17(12-22(21)29-2)13-26-27-14-18-10-19(24)23(20(25)11-18)30-15-16-6-4-3-5-7-16/h3-12,14,26H,13,15H2,1-2H3/b27-14-. The number of hydrazone groups is 1. The average molecular weight is 628 g/mol. The highest BCUT2D eigenvalue weighted by molar-refractivity contribution is 14.1. The van der Waals surface area contributed by atoms with E-state index >= 15 is 0 Å². The van der Waals surface area contributed by atoms with E-state index < -0.39 is 0 Å². The summed E-state index contributed by atoms with van der Waals surface area (Å²) in [5.41, 5.74) is 6.29. The van der Waals surface area contributed by atoms with Crippen LogP contribution in [-0.2, 0) is 13.2 Å². The second kappa shape index (κ2) is 11.4. The van der Waals surface area contributed by atoms with Crippen LogP contribution in [0.15, 0.2) is 65.8 Å². The molecule has 0 fully saturated rings. The average Bonchev–Trinajstić information content (AvgIpc) is 2.76. The molecule has 0 atom stereocenters. The van der Waals surface area contributed by atoms with Gasteiger partial charge in [-0.2, -0.15) is 5.10 Å². The van der Waals surface area contributed by atoms with Gasteiger partial charge in [-0.25, -0.2) is 0 Å². The first-order valence-electron chi connectivity index (χ1n) is 9.23. The number of methoxy groups -OCH3 is 2. The molecule has 0 aromatic heterocycles. The van der Waals surface area contributed by atoms with Gasteiger partial charge in [0.25, 0.3) is 0 Å². The van der Waals surface area contributed by atoms with Crippen molar-refractivity contribution in [3.05, 3.63) is 84.5 Å². The van der Waals surface area contributed by atoms with Crippen LogP contribution < -0.4 is 19.6 Å². The van der Waals surface area contributed by atoms with Gasteiger partial charge >= 0.3 is 0 Å². The highest BCUT2D eigenvalue weighted by Crippen LogP contribution is 2.29. The first kappa shape index (κ1) is 22.7. The number of hydrogen-bond donors (Lipinski definition) is 1. The van der Waals surface area contributed by atoms with Crippen molar-refractivity contribution in [1.82, 2.24) is 5.43 Å². The molecule has 0 saturated carbocycles. The third-order valence-corrected chi connectivity index (χ3v) is 5.89. The maximum Gasteiger partial charge on any atom is 0.161 e. The summed E-state index contributed by atoms with van der Waals surface area (Å²) >= 11 is 4.60. The first-order valence-corrected chi connectivity index (χ1v) is 11.4. The zero-order chi connectivity index (χ0) is 21.3. The molecule has 5 nitrogen and oxygen atoms in total. The van der Waals surface area contributed by atoms with Gasteiger partial charge in [0.05, 0.1) is 34.1 Å².